The summed E-state index contributed by atoms with van der Waals surface area (Å²) in [5.74, 6) is 0.863. The minimum absolute atomic E-state index is 0.000505. The fraction of sp³-hybridized carbons (Fsp3) is 0.474. The number of carbonyl (C=O) groups excluding carboxylic acids is 1. The van der Waals surface area contributed by atoms with Crippen LogP contribution in [0.4, 0.5) is 0 Å². The summed E-state index contributed by atoms with van der Waals surface area (Å²) in [7, 11) is 0. The molecule has 4 atom stereocenters. The zero-order chi connectivity index (χ0) is 17.8. The summed E-state index contributed by atoms with van der Waals surface area (Å²) in [6.45, 7) is 6.67. The van der Waals surface area contributed by atoms with E-state index in [0.29, 0.717) is 6.61 Å². The summed E-state index contributed by atoms with van der Waals surface area (Å²) in [5, 5.41) is 10.8. The first kappa shape index (κ1) is 17.5. The van der Waals surface area contributed by atoms with Crippen LogP contribution in [0.1, 0.15) is 44.8 Å². The highest BCUT2D eigenvalue weighted by atomic mass is 16.5. The molecule has 25 heavy (non-hydrogen) atoms. The van der Waals surface area contributed by atoms with E-state index in [-0.39, 0.29) is 30.1 Å². The number of ether oxygens (including phenoxy) is 1. The summed E-state index contributed by atoms with van der Waals surface area (Å²) in [5.41, 5.74) is 1.05. The van der Waals surface area contributed by atoms with E-state index in [1.165, 1.54) is 0 Å². The van der Waals surface area contributed by atoms with Gasteiger partial charge in [-0.1, -0.05) is 18.2 Å². The SMILES string of the molecule is CC(NC(C)C(C)n1cccn1)C(=O)NC1CCOc2ccccc21. The van der Waals surface area contributed by atoms with Crippen LogP contribution < -0.4 is 15.4 Å². The second-order valence-electron chi connectivity index (χ2n) is 6.64. The Kier molecular flexibility index (Phi) is 5.38. The van der Waals surface area contributed by atoms with Gasteiger partial charge < -0.3 is 15.4 Å². The van der Waals surface area contributed by atoms with Crippen LogP contribution in [0.5, 0.6) is 5.75 Å². The van der Waals surface area contributed by atoms with Gasteiger partial charge in [0.1, 0.15) is 5.75 Å². The zero-order valence-corrected chi connectivity index (χ0v) is 15.0. The van der Waals surface area contributed by atoms with Gasteiger partial charge in [-0.05, 0) is 32.9 Å². The Hall–Kier alpha value is -2.34. The molecule has 1 aliphatic rings. The quantitative estimate of drug-likeness (QED) is 0.846. The van der Waals surface area contributed by atoms with Gasteiger partial charge in [0.2, 0.25) is 5.91 Å². The Morgan fingerprint density at radius 3 is 2.84 bits per heavy atom. The fourth-order valence-corrected chi connectivity index (χ4v) is 3.15. The fourth-order valence-electron chi connectivity index (χ4n) is 3.15. The minimum atomic E-state index is -0.289. The molecule has 2 heterocycles. The molecule has 0 radical (unpaired) electrons. The number of hydrogen-bond acceptors (Lipinski definition) is 4. The van der Waals surface area contributed by atoms with Gasteiger partial charge in [0.15, 0.2) is 0 Å². The molecule has 134 valence electrons. The third-order valence-corrected chi connectivity index (χ3v) is 4.85. The Balaban J connectivity index is 1.58. The molecular weight excluding hydrogens is 316 g/mol. The molecule has 1 aromatic heterocycles. The van der Waals surface area contributed by atoms with Crippen LogP contribution >= 0.6 is 0 Å². The van der Waals surface area contributed by atoms with Crippen molar-refractivity contribution in [2.45, 2.75) is 51.4 Å². The van der Waals surface area contributed by atoms with Crippen LogP contribution in [0.2, 0.25) is 0 Å². The summed E-state index contributed by atoms with van der Waals surface area (Å²) in [6.07, 6.45) is 4.49. The lowest BCUT2D eigenvalue weighted by Crippen LogP contribution is -2.49. The van der Waals surface area contributed by atoms with Gasteiger partial charge in [-0.2, -0.15) is 5.10 Å². The number of nitrogens with zero attached hydrogens (tertiary/aromatic N) is 2. The topological polar surface area (TPSA) is 68.2 Å². The van der Waals surface area contributed by atoms with Crippen molar-refractivity contribution in [2.24, 2.45) is 0 Å². The molecule has 0 fully saturated rings. The molecule has 0 aliphatic carbocycles. The lowest BCUT2D eigenvalue weighted by Gasteiger charge is -2.29. The van der Waals surface area contributed by atoms with Crippen LogP contribution in [-0.2, 0) is 4.79 Å². The first-order valence-corrected chi connectivity index (χ1v) is 8.83. The molecule has 1 aliphatic heterocycles. The van der Waals surface area contributed by atoms with Crippen LogP contribution in [0.15, 0.2) is 42.7 Å². The maximum atomic E-state index is 12.6. The predicted octanol–water partition coefficient (Wildman–Crippen LogP) is 2.45. The van der Waals surface area contributed by atoms with Gasteiger partial charge in [-0.25, -0.2) is 0 Å². The smallest absolute Gasteiger partial charge is 0.237 e. The number of nitrogens with one attached hydrogen (secondary N) is 2. The third-order valence-electron chi connectivity index (χ3n) is 4.85. The number of benzene rings is 1. The van der Waals surface area contributed by atoms with Crippen molar-refractivity contribution in [2.75, 3.05) is 6.61 Å². The lowest BCUT2D eigenvalue weighted by molar-refractivity contribution is -0.124. The maximum Gasteiger partial charge on any atom is 0.237 e. The Morgan fingerprint density at radius 2 is 2.08 bits per heavy atom. The summed E-state index contributed by atoms with van der Waals surface area (Å²) in [6, 6.07) is 9.78. The van der Waals surface area contributed by atoms with E-state index >= 15 is 0 Å². The monoisotopic (exact) mass is 342 g/mol. The molecule has 1 aromatic carbocycles. The number of para-hydroxylation sites is 1. The van der Waals surface area contributed by atoms with Gasteiger partial charge >= 0.3 is 0 Å². The van der Waals surface area contributed by atoms with Crippen molar-refractivity contribution in [3.8, 4) is 5.75 Å². The average Bonchev–Trinajstić information content (AvgIpc) is 3.15. The molecule has 0 saturated heterocycles. The van der Waals surface area contributed by atoms with Crippen LogP contribution in [0, 0.1) is 0 Å². The third kappa shape index (κ3) is 4.02. The number of rotatable bonds is 6. The van der Waals surface area contributed by atoms with Gasteiger partial charge in [0, 0.05) is 30.4 Å². The largest absolute Gasteiger partial charge is 0.493 e. The zero-order valence-electron chi connectivity index (χ0n) is 15.0. The van der Waals surface area contributed by atoms with Crippen molar-refractivity contribution < 1.29 is 9.53 Å². The highest BCUT2D eigenvalue weighted by Gasteiger charge is 2.26. The molecule has 0 saturated carbocycles. The van der Waals surface area contributed by atoms with Crippen molar-refractivity contribution in [1.82, 2.24) is 20.4 Å². The number of fused-ring (bicyclic) bond motifs is 1. The van der Waals surface area contributed by atoms with E-state index < -0.39 is 0 Å². The molecular formula is C19H26N4O2. The molecule has 1 amide bonds. The van der Waals surface area contributed by atoms with E-state index in [1.54, 1.807) is 6.20 Å². The molecule has 3 rings (SSSR count). The van der Waals surface area contributed by atoms with Crippen molar-refractivity contribution in [3.63, 3.8) is 0 Å². The van der Waals surface area contributed by atoms with E-state index in [0.717, 1.165) is 17.7 Å². The number of amides is 1. The highest BCUT2D eigenvalue weighted by molar-refractivity contribution is 5.81. The van der Waals surface area contributed by atoms with Crippen molar-refractivity contribution in [1.29, 1.82) is 0 Å². The van der Waals surface area contributed by atoms with Gasteiger partial charge in [0.25, 0.3) is 0 Å². The lowest BCUT2D eigenvalue weighted by atomic mass is 10.00. The van der Waals surface area contributed by atoms with E-state index in [9.17, 15) is 4.79 Å². The minimum Gasteiger partial charge on any atom is -0.493 e. The van der Waals surface area contributed by atoms with Crippen LogP contribution in [0.25, 0.3) is 0 Å². The second kappa shape index (κ2) is 7.70. The summed E-state index contributed by atoms with van der Waals surface area (Å²) < 4.78 is 7.56. The predicted molar refractivity (Wildman–Crippen MR) is 96.4 cm³/mol. The van der Waals surface area contributed by atoms with Gasteiger partial charge in [0.05, 0.1) is 24.7 Å². The molecule has 6 nitrogen and oxygen atoms in total. The Morgan fingerprint density at radius 1 is 1.28 bits per heavy atom. The van der Waals surface area contributed by atoms with Gasteiger partial charge in [-0.15, -0.1) is 0 Å². The summed E-state index contributed by atoms with van der Waals surface area (Å²) >= 11 is 0. The Labute approximate surface area is 148 Å². The first-order chi connectivity index (χ1) is 12.1. The molecule has 2 aromatic rings. The average molecular weight is 342 g/mol. The highest BCUT2D eigenvalue weighted by Crippen LogP contribution is 2.31. The molecule has 0 bridgehead atoms. The van der Waals surface area contributed by atoms with Crippen molar-refractivity contribution in [3.05, 3.63) is 48.3 Å². The van der Waals surface area contributed by atoms with Crippen molar-refractivity contribution >= 4 is 5.91 Å². The molecule has 0 spiro atoms. The normalized spacial score (nSPS) is 20.0. The van der Waals surface area contributed by atoms with Crippen LogP contribution in [-0.4, -0.2) is 34.4 Å². The van der Waals surface area contributed by atoms with E-state index in [2.05, 4.69) is 29.6 Å². The van der Waals surface area contributed by atoms with E-state index in [1.807, 2.05) is 48.1 Å². The molecule has 4 unspecified atom stereocenters. The van der Waals surface area contributed by atoms with Gasteiger partial charge in [-0.3, -0.25) is 9.48 Å². The standard InChI is InChI=1S/C19H26N4O2/c1-13(15(3)23-11-6-10-20-23)21-14(2)19(24)22-17-9-12-25-18-8-5-4-7-16(17)18/h4-8,10-11,13-15,17,21H,9,12H2,1-3H3,(H,22,24). The first-order valence-electron chi connectivity index (χ1n) is 8.83. The number of hydrogen-bond donors (Lipinski definition) is 2. The number of carbonyl (C=O) groups is 1. The van der Waals surface area contributed by atoms with E-state index in [4.69, 9.17) is 4.74 Å². The Bertz CT molecular complexity index is 701. The van der Waals surface area contributed by atoms with Crippen LogP contribution in [0.3, 0.4) is 0 Å². The summed E-state index contributed by atoms with van der Waals surface area (Å²) in [4.78, 5) is 12.6. The number of aromatic nitrogens is 2. The second-order valence-corrected chi connectivity index (χ2v) is 6.64. The maximum absolute atomic E-state index is 12.6. The molecule has 2 N–H and O–H groups in total. The molecule has 6 heteroatoms.